The molecule has 2 aliphatic heterocycles. The lowest BCUT2D eigenvalue weighted by molar-refractivity contribution is -0.140. The van der Waals surface area contributed by atoms with Gasteiger partial charge in [0.2, 0.25) is 5.91 Å². The quantitative estimate of drug-likeness (QED) is 0.538. The molecule has 0 aromatic heterocycles. The fourth-order valence-electron chi connectivity index (χ4n) is 7.47. The Hall–Kier alpha value is -2.17. The van der Waals surface area contributed by atoms with Gasteiger partial charge in [0.25, 0.3) is 0 Å². The molecular weight excluding hydrogens is 528 g/mol. The van der Waals surface area contributed by atoms with Crippen LogP contribution in [0.4, 0.5) is 4.79 Å². The lowest BCUT2D eigenvalue weighted by atomic mass is 9.67. The molecule has 222 valence electrons. The van der Waals surface area contributed by atoms with E-state index in [2.05, 4.69) is 43.3 Å². The summed E-state index contributed by atoms with van der Waals surface area (Å²) in [5, 5.41) is 11.2. The van der Waals surface area contributed by atoms with Crippen molar-refractivity contribution in [3.8, 4) is 0 Å². The normalized spacial score (nSPS) is 30.1. The Morgan fingerprint density at radius 1 is 1.00 bits per heavy atom. The van der Waals surface area contributed by atoms with E-state index in [9.17, 15) is 23.1 Å². The number of carbonyl (C=O) groups excluding carboxylic acids is 2. The standard InChI is InChI=1S/C30H46N4O5S/c1-27(2,25(35)32-17-19-40(38,39)20-18-32)21-33-22-28(34(26(33)36)23-29(37)11-8-12-29)13-15-30(16-14-28,31(3)4)24-9-6-5-7-10-24/h5-7,9-10,37H,8,11-23H2,1-4H3. The van der Waals surface area contributed by atoms with Crippen LogP contribution in [0.3, 0.4) is 0 Å². The topological polar surface area (TPSA) is 101 Å². The molecule has 0 unspecified atom stereocenters. The van der Waals surface area contributed by atoms with Crippen molar-refractivity contribution >= 4 is 21.8 Å². The minimum atomic E-state index is -3.09. The molecule has 1 aromatic rings. The Kier molecular flexibility index (Phi) is 7.53. The second-order valence-electron chi connectivity index (χ2n) is 13.6. The van der Waals surface area contributed by atoms with Gasteiger partial charge in [-0.15, -0.1) is 0 Å². The molecule has 1 N–H and O–H groups in total. The van der Waals surface area contributed by atoms with Crippen LogP contribution in [0.15, 0.2) is 30.3 Å². The third-order valence-corrected chi connectivity index (χ3v) is 11.9. The summed E-state index contributed by atoms with van der Waals surface area (Å²) in [6.07, 6.45) is 5.81. The van der Waals surface area contributed by atoms with Crippen LogP contribution in [-0.4, -0.2) is 115 Å². The number of carbonyl (C=O) groups is 2. The van der Waals surface area contributed by atoms with E-state index in [0.29, 0.717) is 25.9 Å². The van der Waals surface area contributed by atoms with Crippen molar-refractivity contribution in [3.63, 3.8) is 0 Å². The van der Waals surface area contributed by atoms with E-state index in [1.807, 2.05) is 29.7 Å². The zero-order valence-corrected chi connectivity index (χ0v) is 25.4. The highest BCUT2D eigenvalue weighted by Gasteiger charge is 2.57. The predicted molar refractivity (Wildman–Crippen MR) is 154 cm³/mol. The van der Waals surface area contributed by atoms with Crippen LogP contribution in [0.2, 0.25) is 0 Å². The predicted octanol–water partition coefficient (Wildman–Crippen LogP) is 2.69. The monoisotopic (exact) mass is 574 g/mol. The molecule has 2 saturated carbocycles. The highest BCUT2D eigenvalue weighted by molar-refractivity contribution is 7.91. The van der Waals surface area contributed by atoms with E-state index < -0.39 is 26.4 Å². The molecule has 3 amide bonds. The Balaban J connectivity index is 1.37. The van der Waals surface area contributed by atoms with Crippen molar-refractivity contribution in [1.29, 1.82) is 0 Å². The number of hydrogen-bond acceptors (Lipinski definition) is 6. The number of benzene rings is 1. The van der Waals surface area contributed by atoms with Gasteiger partial charge in [-0.2, -0.15) is 0 Å². The first-order valence-electron chi connectivity index (χ1n) is 14.7. The molecule has 2 aliphatic carbocycles. The Bertz CT molecular complexity index is 1210. The van der Waals surface area contributed by atoms with Gasteiger partial charge >= 0.3 is 6.03 Å². The smallest absolute Gasteiger partial charge is 0.320 e. The maximum Gasteiger partial charge on any atom is 0.320 e. The van der Waals surface area contributed by atoms with Crippen LogP contribution in [0, 0.1) is 5.41 Å². The van der Waals surface area contributed by atoms with Gasteiger partial charge in [-0.05, 0) is 78.5 Å². The molecule has 1 spiro atoms. The lowest BCUT2D eigenvalue weighted by Gasteiger charge is -2.52. The van der Waals surface area contributed by atoms with Crippen LogP contribution < -0.4 is 0 Å². The molecule has 0 radical (unpaired) electrons. The number of rotatable bonds is 7. The van der Waals surface area contributed by atoms with Gasteiger partial charge in [0.05, 0.1) is 34.6 Å². The lowest BCUT2D eigenvalue weighted by Crippen LogP contribution is -2.59. The zero-order chi connectivity index (χ0) is 29.0. The second-order valence-corrected chi connectivity index (χ2v) is 16.0. The van der Waals surface area contributed by atoms with Crippen LogP contribution in [0.1, 0.15) is 64.4 Å². The maximum absolute atomic E-state index is 14.0. The van der Waals surface area contributed by atoms with Crippen molar-refractivity contribution < 1.29 is 23.1 Å². The van der Waals surface area contributed by atoms with Gasteiger partial charge in [-0.3, -0.25) is 9.69 Å². The van der Waals surface area contributed by atoms with Crippen LogP contribution in [-0.2, 0) is 20.2 Å². The summed E-state index contributed by atoms with van der Waals surface area (Å²) < 4.78 is 23.8. The van der Waals surface area contributed by atoms with E-state index in [1.165, 1.54) is 5.56 Å². The Morgan fingerprint density at radius 3 is 2.12 bits per heavy atom. The molecule has 4 aliphatic rings. The molecule has 1 aromatic carbocycles. The van der Waals surface area contributed by atoms with Crippen molar-refractivity contribution in [2.45, 2.75) is 75.5 Å². The largest absolute Gasteiger partial charge is 0.388 e. The summed E-state index contributed by atoms with van der Waals surface area (Å²) in [6, 6.07) is 10.5. The average molecular weight is 575 g/mol. The molecule has 0 atom stereocenters. The first-order chi connectivity index (χ1) is 18.7. The summed E-state index contributed by atoms with van der Waals surface area (Å²) >= 11 is 0. The summed E-state index contributed by atoms with van der Waals surface area (Å²) in [7, 11) is 1.17. The molecular formula is C30H46N4O5S. The number of β-amino-alcohol motifs (C(OH)–C–C–N with tert-alkyl or cyclic N) is 1. The summed E-state index contributed by atoms with van der Waals surface area (Å²) in [5.74, 6) is -0.135. The molecule has 40 heavy (non-hydrogen) atoms. The van der Waals surface area contributed by atoms with Crippen molar-refractivity contribution in [3.05, 3.63) is 35.9 Å². The summed E-state index contributed by atoms with van der Waals surface area (Å²) in [5.41, 5.74) is -0.914. The number of hydrogen-bond donors (Lipinski definition) is 1. The highest BCUT2D eigenvalue weighted by Crippen LogP contribution is 2.50. The van der Waals surface area contributed by atoms with Crippen LogP contribution in [0.5, 0.6) is 0 Å². The molecule has 2 saturated heterocycles. The van der Waals surface area contributed by atoms with Gasteiger partial charge < -0.3 is 19.8 Å². The van der Waals surface area contributed by atoms with Gasteiger partial charge in [0, 0.05) is 31.7 Å². The molecule has 4 fully saturated rings. The SMILES string of the molecule is CN(C)C1(c2ccccc2)CCC2(CC1)CN(CC(C)(C)C(=O)N1CCS(=O)(=O)CC1)C(=O)N2CC1(O)CCC1. The molecule has 5 rings (SSSR count). The van der Waals surface area contributed by atoms with Crippen molar-refractivity contribution in [2.24, 2.45) is 5.41 Å². The maximum atomic E-state index is 14.0. The molecule has 0 bridgehead atoms. The fraction of sp³-hybridized carbons (Fsp3) is 0.733. The molecule has 2 heterocycles. The third-order valence-electron chi connectivity index (χ3n) is 10.3. The summed E-state index contributed by atoms with van der Waals surface area (Å²) in [6.45, 7) is 5.25. The van der Waals surface area contributed by atoms with E-state index in [4.69, 9.17) is 0 Å². The second kappa shape index (κ2) is 10.3. The van der Waals surface area contributed by atoms with E-state index in [1.54, 1.807) is 4.90 Å². The number of urea groups is 1. The van der Waals surface area contributed by atoms with Crippen molar-refractivity contribution in [1.82, 2.24) is 19.6 Å². The number of nitrogens with zero attached hydrogens (tertiary/aromatic N) is 4. The summed E-state index contributed by atoms with van der Waals surface area (Å²) in [4.78, 5) is 35.3. The first kappa shape index (κ1) is 29.3. The van der Waals surface area contributed by atoms with Crippen LogP contribution >= 0.6 is 0 Å². The van der Waals surface area contributed by atoms with Gasteiger partial charge in [-0.1, -0.05) is 30.3 Å². The fourth-order valence-corrected chi connectivity index (χ4v) is 8.67. The number of aliphatic hydroxyl groups is 1. The van der Waals surface area contributed by atoms with E-state index in [0.717, 1.165) is 32.1 Å². The van der Waals surface area contributed by atoms with Gasteiger partial charge in [-0.25, -0.2) is 13.2 Å². The highest BCUT2D eigenvalue weighted by atomic mass is 32.2. The Morgan fingerprint density at radius 2 is 1.60 bits per heavy atom. The van der Waals surface area contributed by atoms with E-state index >= 15 is 0 Å². The first-order valence-corrected chi connectivity index (χ1v) is 16.6. The number of amides is 3. The van der Waals surface area contributed by atoms with E-state index in [-0.39, 0.29) is 48.6 Å². The van der Waals surface area contributed by atoms with Gasteiger partial charge in [0.1, 0.15) is 0 Å². The number of sulfone groups is 1. The molecule has 10 heteroatoms. The van der Waals surface area contributed by atoms with Gasteiger partial charge in [0.15, 0.2) is 9.84 Å². The molecule has 9 nitrogen and oxygen atoms in total. The van der Waals surface area contributed by atoms with Crippen molar-refractivity contribution in [2.75, 3.05) is 58.3 Å². The average Bonchev–Trinajstić information content (AvgIpc) is 3.13. The van der Waals surface area contributed by atoms with Crippen LogP contribution in [0.25, 0.3) is 0 Å². The zero-order valence-electron chi connectivity index (χ0n) is 24.6. The minimum absolute atomic E-state index is 0.0119. The third kappa shape index (κ3) is 5.27. The minimum Gasteiger partial charge on any atom is -0.388 e. The Labute approximate surface area is 239 Å².